The third-order valence-corrected chi connectivity index (χ3v) is 2.99. The Labute approximate surface area is 118 Å². The number of morpholine rings is 1. The highest BCUT2D eigenvalue weighted by molar-refractivity contribution is 5.85. The van der Waals surface area contributed by atoms with Gasteiger partial charge in [-0.05, 0) is 24.6 Å². The number of amides is 1. The molecule has 1 amide bonds. The van der Waals surface area contributed by atoms with Crippen molar-refractivity contribution in [1.82, 2.24) is 4.90 Å². The van der Waals surface area contributed by atoms with Crippen molar-refractivity contribution < 1.29 is 13.9 Å². The Kier molecular flexibility index (Phi) is 5.72. The van der Waals surface area contributed by atoms with Crippen LogP contribution in [0.25, 0.3) is 0 Å². The summed E-state index contributed by atoms with van der Waals surface area (Å²) in [4.78, 5) is 13.5. The van der Waals surface area contributed by atoms with Gasteiger partial charge in [-0.15, -0.1) is 12.4 Å². The summed E-state index contributed by atoms with van der Waals surface area (Å²) in [5, 5.41) is 0. The molecule has 0 aromatic heterocycles. The molecule has 2 N–H and O–H groups in total. The Morgan fingerprint density at radius 2 is 2.32 bits per heavy atom. The van der Waals surface area contributed by atoms with E-state index in [1.165, 1.54) is 12.1 Å². The van der Waals surface area contributed by atoms with E-state index in [1.54, 1.807) is 24.0 Å². The summed E-state index contributed by atoms with van der Waals surface area (Å²) < 4.78 is 18.7. The van der Waals surface area contributed by atoms with E-state index in [9.17, 15) is 9.18 Å². The van der Waals surface area contributed by atoms with Crippen LogP contribution >= 0.6 is 12.4 Å². The maximum atomic E-state index is 13.1. The van der Waals surface area contributed by atoms with Crippen molar-refractivity contribution in [3.63, 3.8) is 0 Å². The predicted molar refractivity (Wildman–Crippen MR) is 72.6 cm³/mol. The molecule has 1 aliphatic rings. The van der Waals surface area contributed by atoms with Crippen LogP contribution in [0.2, 0.25) is 0 Å². The number of rotatable bonds is 2. The highest BCUT2D eigenvalue weighted by atomic mass is 35.5. The summed E-state index contributed by atoms with van der Waals surface area (Å²) in [7, 11) is 0. The predicted octanol–water partition coefficient (Wildman–Crippen LogP) is 1.49. The molecule has 0 aliphatic carbocycles. The molecule has 0 saturated carbocycles. The Morgan fingerprint density at radius 1 is 1.58 bits per heavy atom. The van der Waals surface area contributed by atoms with E-state index in [2.05, 4.69) is 0 Å². The molecule has 1 aromatic rings. The van der Waals surface area contributed by atoms with Crippen LogP contribution in [-0.2, 0) is 9.53 Å². The third kappa shape index (κ3) is 3.89. The molecular formula is C13H18ClFN2O2. The van der Waals surface area contributed by atoms with Crippen LogP contribution in [-0.4, -0.2) is 36.5 Å². The van der Waals surface area contributed by atoms with Gasteiger partial charge in [0.1, 0.15) is 11.9 Å². The van der Waals surface area contributed by atoms with Gasteiger partial charge in [0.2, 0.25) is 5.91 Å². The Balaban J connectivity index is 0.00000180. The molecular weight excluding hydrogens is 271 g/mol. The van der Waals surface area contributed by atoms with E-state index in [-0.39, 0.29) is 30.2 Å². The summed E-state index contributed by atoms with van der Waals surface area (Å²) in [5.74, 6) is -0.397. The molecule has 106 valence electrons. The summed E-state index contributed by atoms with van der Waals surface area (Å²) in [5.41, 5.74) is 6.33. The topological polar surface area (TPSA) is 55.6 Å². The van der Waals surface area contributed by atoms with Crippen molar-refractivity contribution >= 4 is 18.3 Å². The maximum Gasteiger partial charge on any atom is 0.239 e. The fourth-order valence-corrected chi connectivity index (χ4v) is 2.05. The smallest absolute Gasteiger partial charge is 0.239 e. The van der Waals surface area contributed by atoms with Gasteiger partial charge in [0.25, 0.3) is 0 Å². The van der Waals surface area contributed by atoms with Gasteiger partial charge < -0.3 is 15.4 Å². The van der Waals surface area contributed by atoms with Crippen LogP contribution < -0.4 is 5.73 Å². The SMILES string of the molecule is C[C@H](N)C(=O)N1CCOC(c2cccc(F)c2)C1.Cl. The van der Waals surface area contributed by atoms with Crippen LogP contribution in [0.3, 0.4) is 0 Å². The first-order chi connectivity index (χ1) is 8.58. The van der Waals surface area contributed by atoms with Crippen LogP contribution in [0.1, 0.15) is 18.6 Å². The average Bonchev–Trinajstić information content (AvgIpc) is 2.38. The van der Waals surface area contributed by atoms with E-state index in [0.29, 0.717) is 19.7 Å². The molecule has 2 rings (SSSR count). The fraction of sp³-hybridized carbons (Fsp3) is 0.462. The Bertz CT molecular complexity index is 442. The van der Waals surface area contributed by atoms with Crippen molar-refractivity contribution in [3.05, 3.63) is 35.6 Å². The molecule has 6 heteroatoms. The molecule has 4 nitrogen and oxygen atoms in total. The zero-order chi connectivity index (χ0) is 13.1. The van der Waals surface area contributed by atoms with Gasteiger partial charge >= 0.3 is 0 Å². The lowest BCUT2D eigenvalue weighted by molar-refractivity contribution is -0.140. The first-order valence-corrected chi connectivity index (χ1v) is 5.99. The number of carbonyl (C=O) groups is 1. The normalized spacial score (nSPS) is 20.6. The number of nitrogens with two attached hydrogens (primary N) is 1. The molecule has 0 bridgehead atoms. The second kappa shape index (κ2) is 6.84. The van der Waals surface area contributed by atoms with Gasteiger partial charge in [0.15, 0.2) is 0 Å². The highest BCUT2D eigenvalue weighted by Gasteiger charge is 2.26. The molecule has 1 heterocycles. The Hall–Kier alpha value is -1.17. The van der Waals surface area contributed by atoms with Gasteiger partial charge in [0.05, 0.1) is 19.2 Å². The van der Waals surface area contributed by atoms with Crippen molar-refractivity contribution in [3.8, 4) is 0 Å². The summed E-state index contributed by atoms with van der Waals surface area (Å²) in [6.07, 6.45) is -0.280. The molecule has 0 spiro atoms. The lowest BCUT2D eigenvalue weighted by Crippen LogP contribution is -2.48. The lowest BCUT2D eigenvalue weighted by Gasteiger charge is -2.34. The van der Waals surface area contributed by atoms with Gasteiger partial charge in [-0.1, -0.05) is 12.1 Å². The number of ether oxygens (including phenoxy) is 1. The van der Waals surface area contributed by atoms with E-state index in [1.807, 2.05) is 0 Å². The largest absolute Gasteiger partial charge is 0.370 e. The first-order valence-electron chi connectivity index (χ1n) is 5.99. The monoisotopic (exact) mass is 288 g/mol. The molecule has 1 fully saturated rings. The van der Waals surface area contributed by atoms with E-state index < -0.39 is 6.04 Å². The summed E-state index contributed by atoms with van der Waals surface area (Å²) in [6, 6.07) is 5.74. The van der Waals surface area contributed by atoms with E-state index in [4.69, 9.17) is 10.5 Å². The standard InChI is InChI=1S/C13H17FN2O2.ClH/c1-9(15)13(17)16-5-6-18-12(8-16)10-3-2-4-11(14)7-10;/h2-4,7,9,12H,5-6,8,15H2,1H3;1H/t9-,12?;/m0./s1. The summed E-state index contributed by atoms with van der Waals surface area (Å²) >= 11 is 0. The van der Waals surface area contributed by atoms with Gasteiger partial charge in [-0.2, -0.15) is 0 Å². The first kappa shape index (κ1) is 15.9. The lowest BCUT2D eigenvalue weighted by atomic mass is 10.1. The van der Waals surface area contributed by atoms with Crippen LogP contribution in [0, 0.1) is 5.82 Å². The van der Waals surface area contributed by atoms with E-state index >= 15 is 0 Å². The molecule has 1 aliphatic heterocycles. The molecule has 1 saturated heterocycles. The second-order valence-electron chi connectivity index (χ2n) is 4.49. The molecule has 1 aromatic carbocycles. The van der Waals surface area contributed by atoms with Crippen molar-refractivity contribution in [2.24, 2.45) is 5.73 Å². The summed E-state index contributed by atoms with van der Waals surface area (Å²) in [6.45, 7) is 3.06. The number of halogens is 2. The third-order valence-electron chi connectivity index (χ3n) is 2.99. The Morgan fingerprint density at radius 3 is 2.95 bits per heavy atom. The van der Waals surface area contributed by atoms with Crippen LogP contribution in [0.4, 0.5) is 4.39 Å². The zero-order valence-corrected chi connectivity index (χ0v) is 11.5. The van der Waals surface area contributed by atoms with Crippen molar-refractivity contribution in [2.75, 3.05) is 19.7 Å². The van der Waals surface area contributed by atoms with Crippen LogP contribution in [0.5, 0.6) is 0 Å². The molecule has 19 heavy (non-hydrogen) atoms. The van der Waals surface area contributed by atoms with Gasteiger partial charge in [-0.3, -0.25) is 4.79 Å². The van der Waals surface area contributed by atoms with Crippen molar-refractivity contribution in [2.45, 2.75) is 19.1 Å². The number of hydrogen-bond acceptors (Lipinski definition) is 3. The average molecular weight is 289 g/mol. The zero-order valence-electron chi connectivity index (χ0n) is 10.7. The minimum Gasteiger partial charge on any atom is -0.370 e. The fourth-order valence-electron chi connectivity index (χ4n) is 2.05. The maximum absolute atomic E-state index is 13.1. The molecule has 0 radical (unpaired) electrons. The quantitative estimate of drug-likeness (QED) is 0.897. The van der Waals surface area contributed by atoms with Crippen LogP contribution in [0.15, 0.2) is 24.3 Å². The minimum atomic E-state index is -0.517. The van der Waals surface area contributed by atoms with E-state index in [0.717, 1.165) is 5.56 Å². The number of benzene rings is 1. The number of nitrogens with zero attached hydrogens (tertiary/aromatic N) is 1. The van der Waals surface area contributed by atoms with Gasteiger partial charge in [0, 0.05) is 6.54 Å². The van der Waals surface area contributed by atoms with Crippen molar-refractivity contribution in [1.29, 1.82) is 0 Å². The second-order valence-corrected chi connectivity index (χ2v) is 4.49. The number of hydrogen-bond donors (Lipinski definition) is 1. The number of carbonyl (C=O) groups excluding carboxylic acids is 1. The minimum absolute atomic E-state index is 0. The van der Waals surface area contributed by atoms with Gasteiger partial charge in [-0.25, -0.2) is 4.39 Å². The molecule has 1 unspecified atom stereocenters. The highest BCUT2D eigenvalue weighted by Crippen LogP contribution is 2.23. The molecule has 2 atom stereocenters.